The topological polar surface area (TPSA) is 15.6 Å². The second-order valence-corrected chi connectivity index (χ2v) is 5.54. The van der Waals surface area contributed by atoms with Gasteiger partial charge in [0.05, 0.1) is 0 Å². The molecule has 20 heavy (non-hydrogen) atoms. The number of benzene rings is 2. The fourth-order valence-electron chi connectivity index (χ4n) is 2.73. The van der Waals surface area contributed by atoms with E-state index in [9.17, 15) is 0 Å². The summed E-state index contributed by atoms with van der Waals surface area (Å²) in [4.78, 5) is 2.15. The molecule has 2 aliphatic rings. The van der Waals surface area contributed by atoms with Crippen molar-refractivity contribution >= 4 is 23.5 Å². The Hall–Kier alpha value is -1.09. The van der Waals surface area contributed by atoms with E-state index in [2.05, 4.69) is 59.4 Å². The Bertz CT molecular complexity index is 724. The maximum absolute atomic E-state index is 4.56. The van der Waals surface area contributed by atoms with Gasteiger partial charge in [-0.3, -0.25) is 0 Å². The molecule has 0 fully saturated rings. The van der Waals surface area contributed by atoms with Crippen molar-refractivity contribution in [2.45, 2.75) is 13.8 Å². The van der Waals surface area contributed by atoms with Crippen LogP contribution in [0.5, 0.6) is 0 Å². The zero-order valence-electron chi connectivity index (χ0n) is 11.1. The average molecular weight is 457 g/mol. The maximum Gasteiger partial charge on any atom is 0.114 e. The standard InChI is InChI=1S/C16H12N2S.Ir/c1-10-6-7-14-13(8-10)12-5-3-4-11(2)15(12)16-17-19-9-18(14)16;/h3-6,8-9H,1-2H3;/q-2;. The predicted molar refractivity (Wildman–Crippen MR) is 81.1 cm³/mol. The number of hydrogen-bond donors (Lipinski definition) is 0. The van der Waals surface area contributed by atoms with Crippen molar-refractivity contribution in [2.24, 2.45) is 4.40 Å². The summed E-state index contributed by atoms with van der Waals surface area (Å²) in [5, 5.41) is 0. The van der Waals surface area contributed by atoms with E-state index in [1.54, 1.807) is 0 Å². The van der Waals surface area contributed by atoms with Gasteiger partial charge in [-0.2, -0.15) is 41.6 Å². The van der Waals surface area contributed by atoms with Crippen LogP contribution in [0.2, 0.25) is 0 Å². The third-order valence-corrected chi connectivity index (χ3v) is 4.19. The molecule has 2 heterocycles. The molecule has 1 radical (unpaired) electrons. The average Bonchev–Trinajstić information content (AvgIpc) is 2.88. The number of nitrogens with zero attached hydrogens (tertiary/aromatic N) is 2. The van der Waals surface area contributed by atoms with Crippen molar-refractivity contribution in [3.05, 3.63) is 59.0 Å². The monoisotopic (exact) mass is 457 g/mol. The summed E-state index contributed by atoms with van der Waals surface area (Å²) in [6, 6.07) is 14.1. The summed E-state index contributed by atoms with van der Waals surface area (Å²) in [5.41, 5.74) is 7.36. The summed E-state index contributed by atoms with van der Waals surface area (Å²) in [6.45, 7) is 4.26. The van der Waals surface area contributed by atoms with Crippen molar-refractivity contribution in [1.29, 1.82) is 0 Å². The second kappa shape index (κ2) is 5.03. The van der Waals surface area contributed by atoms with Gasteiger partial charge in [0.2, 0.25) is 0 Å². The Morgan fingerprint density at radius 3 is 2.95 bits per heavy atom. The molecule has 0 N–H and O–H groups in total. The Labute approximate surface area is 136 Å². The first-order chi connectivity index (χ1) is 9.25. The van der Waals surface area contributed by atoms with Gasteiger partial charge in [-0.15, -0.1) is 5.56 Å². The Kier molecular flexibility index (Phi) is 3.49. The number of amidine groups is 1. The first kappa shape index (κ1) is 13.9. The van der Waals surface area contributed by atoms with Crippen LogP contribution in [0.4, 0.5) is 5.69 Å². The molecule has 0 atom stereocenters. The van der Waals surface area contributed by atoms with Gasteiger partial charge >= 0.3 is 0 Å². The molecule has 0 saturated carbocycles. The van der Waals surface area contributed by atoms with E-state index in [1.165, 1.54) is 39.8 Å². The third-order valence-electron chi connectivity index (χ3n) is 3.61. The fraction of sp³-hybridized carbons (Fsp3) is 0.125. The first-order valence-corrected chi connectivity index (χ1v) is 7.08. The molecule has 0 spiro atoms. The molecule has 0 amide bonds. The Balaban J connectivity index is 0.00000121. The van der Waals surface area contributed by atoms with Gasteiger partial charge in [0.1, 0.15) is 5.84 Å². The van der Waals surface area contributed by atoms with Crippen molar-refractivity contribution in [1.82, 2.24) is 0 Å². The zero-order chi connectivity index (χ0) is 13.0. The number of rotatable bonds is 0. The number of anilines is 1. The minimum Gasteiger partial charge on any atom is -0.486 e. The van der Waals surface area contributed by atoms with Gasteiger partial charge in [0.25, 0.3) is 0 Å². The van der Waals surface area contributed by atoms with Crippen LogP contribution in [0.1, 0.15) is 16.7 Å². The molecule has 2 aromatic carbocycles. The SMILES string of the molecule is Cc1c[c-]c2c(c1)-c1cccc(C)c1C1=NS[CH-]N12.[Ir]. The normalized spacial score (nSPS) is 14.9. The third kappa shape index (κ3) is 1.86. The van der Waals surface area contributed by atoms with Crippen molar-refractivity contribution in [3.63, 3.8) is 0 Å². The van der Waals surface area contributed by atoms with Gasteiger partial charge in [-0.25, -0.2) is 4.40 Å². The minimum atomic E-state index is 0. The van der Waals surface area contributed by atoms with E-state index in [0.29, 0.717) is 0 Å². The van der Waals surface area contributed by atoms with E-state index in [0.717, 1.165) is 11.5 Å². The van der Waals surface area contributed by atoms with E-state index in [4.69, 9.17) is 0 Å². The molecule has 0 bridgehead atoms. The van der Waals surface area contributed by atoms with Crippen molar-refractivity contribution in [2.75, 3.05) is 4.90 Å². The predicted octanol–water partition coefficient (Wildman–Crippen LogP) is 4.12. The van der Waals surface area contributed by atoms with Crippen LogP contribution in [0.25, 0.3) is 11.1 Å². The van der Waals surface area contributed by atoms with Crippen LogP contribution in [0.15, 0.2) is 34.7 Å². The van der Waals surface area contributed by atoms with E-state index in [1.807, 2.05) is 6.07 Å². The summed E-state index contributed by atoms with van der Waals surface area (Å²) >= 11 is 1.49. The van der Waals surface area contributed by atoms with Crippen LogP contribution in [0.3, 0.4) is 0 Å². The molecule has 0 unspecified atom stereocenters. The second-order valence-electron chi connectivity index (χ2n) is 4.93. The van der Waals surface area contributed by atoms with E-state index in [-0.39, 0.29) is 20.1 Å². The molecule has 2 aromatic rings. The molecule has 0 aliphatic carbocycles. The van der Waals surface area contributed by atoms with Crippen LogP contribution in [-0.4, -0.2) is 5.84 Å². The molecular formula is C16H12IrN2S-2. The Morgan fingerprint density at radius 1 is 1.25 bits per heavy atom. The molecule has 4 rings (SSSR count). The van der Waals surface area contributed by atoms with Crippen LogP contribution in [-0.2, 0) is 20.1 Å². The Morgan fingerprint density at radius 2 is 2.10 bits per heavy atom. The quantitative estimate of drug-likeness (QED) is 0.438. The smallest absolute Gasteiger partial charge is 0.114 e. The molecule has 4 heteroatoms. The summed E-state index contributed by atoms with van der Waals surface area (Å²) in [6.07, 6.45) is 0. The zero-order valence-corrected chi connectivity index (χ0v) is 14.3. The van der Waals surface area contributed by atoms with Gasteiger partial charge in [0.15, 0.2) is 0 Å². The van der Waals surface area contributed by atoms with Crippen LogP contribution < -0.4 is 4.90 Å². The van der Waals surface area contributed by atoms with Gasteiger partial charge in [-0.1, -0.05) is 36.4 Å². The molecule has 2 nitrogen and oxygen atoms in total. The summed E-state index contributed by atoms with van der Waals surface area (Å²) in [7, 11) is 0. The number of hydrogen-bond acceptors (Lipinski definition) is 3. The molecular weight excluding hydrogens is 444 g/mol. The minimum absolute atomic E-state index is 0. The van der Waals surface area contributed by atoms with Crippen molar-refractivity contribution < 1.29 is 20.1 Å². The van der Waals surface area contributed by atoms with Gasteiger partial charge in [0, 0.05) is 25.7 Å². The van der Waals surface area contributed by atoms with Gasteiger partial charge < -0.3 is 4.90 Å². The van der Waals surface area contributed by atoms with Crippen LogP contribution >= 0.6 is 11.9 Å². The van der Waals surface area contributed by atoms with Crippen molar-refractivity contribution in [3.8, 4) is 11.1 Å². The number of fused-ring (bicyclic) bond motifs is 6. The van der Waals surface area contributed by atoms with Crippen LogP contribution in [0, 0.1) is 25.8 Å². The van der Waals surface area contributed by atoms with Gasteiger partial charge in [-0.05, 0) is 12.5 Å². The first-order valence-electron chi connectivity index (χ1n) is 6.25. The molecule has 103 valence electrons. The maximum atomic E-state index is 4.56. The molecule has 2 aliphatic heterocycles. The number of aryl methyl sites for hydroxylation is 2. The fourth-order valence-corrected chi connectivity index (χ4v) is 3.36. The van der Waals surface area contributed by atoms with E-state index >= 15 is 0 Å². The summed E-state index contributed by atoms with van der Waals surface area (Å²) < 4.78 is 4.56. The largest absolute Gasteiger partial charge is 0.486 e. The molecule has 0 aromatic heterocycles. The summed E-state index contributed by atoms with van der Waals surface area (Å²) in [5.74, 6) is 3.08. The molecule has 0 saturated heterocycles. The van der Waals surface area contributed by atoms with E-state index < -0.39 is 0 Å².